The number of aromatic nitrogens is 1. The molecule has 4 aromatic carbocycles. The lowest BCUT2D eigenvalue weighted by Gasteiger charge is -2.37. The van der Waals surface area contributed by atoms with Gasteiger partial charge in [0.05, 0.1) is 42.9 Å². The number of aromatic hydroxyl groups is 1. The molecule has 0 aliphatic carbocycles. The summed E-state index contributed by atoms with van der Waals surface area (Å²) in [5, 5.41) is 57.7. The molecule has 2 saturated heterocycles. The third kappa shape index (κ3) is 24.1. The molecule has 30 nitrogen and oxygen atoms in total. The molecule has 107 heavy (non-hydrogen) atoms. The average molecular weight is 1510 g/mol. The van der Waals surface area contributed by atoms with E-state index in [4.69, 9.17) is 11.5 Å². The first kappa shape index (κ1) is 83.9. The molecule has 15 N–H and O–H groups in total. The second-order valence-corrected chi connectivity index (χ2v) is 28.4. The fourth-order valence-corrected chi connectivity index (χ4v) is 13.7. The molecule has 33 heteroatoms. The van der Waals surface area contributed by atoms with Gasteiger partial charge in [0.1, 0.15) is 60.4 Å². The van der Waals surface area contributed by atoms with Crippen molar-refractivity contribution in [3.05, 3.63) is 137 Å². The van der Waals surface area contributed by atoms with E-state index < -0.39 is 174 Å². The quantitative estimate of drug-likeness (QED) is 0.0187. The minimum Gasteiger partial charge on any atom is -0.508 e. The number of H-pyrrole nitrogens is 1. The number of phenols is 1. The van der Waals surface area contributed by atoms with Gasteiger partial charge in [-0.05, 0) is 71.3 Å². The number of primary amides is 1. The number of rotatable bonds is 39. The number of nitrogens with zero attached hydrogens (tertiary/aromatic N) is 4. The van der Waals surface area contributed by atoms with Crippen LogP contribution in [0.25, 0.3) is 10.9 Å². The maximum absolute atomic E-state index is 15.2. The van der Waals surface area contributed by atoms with E-state index in [9.17, 15) is 81.9 Å². The minimum atomic E-state index is -1.54. The number of thioether (sulfide) groups is 1. The highest BCUT2D eigenvalue weighted by molar-refractivity contribution is 7.99. The molecule has 5 aromatic rings. The van der Waals surface area contributed by atoms with Crippen molar-refractivity contribution >= 4 is 99.9 Å². The van der Waals surface area contributed by atoms with Gasteiger partial charge in [0.25, 0.3) is 0 Å². The van der Waals surface area contributed by atoms with Crippen LogP contribution in [-0.2, 0) is 88.0 Å². The zero-order chi connectivity index (χ0) is 78.3. The Balaban J connectivity index is 1.05. The molecule has 2 fully saturated rings. The van der Waals surface area contributed by atoms with Crippen molar-refractivity contribution in [2.45, 2.75) is 170 Å². The summed E-state index contributed by atoms with van der Waals surface area (Å²) in [6, 6.07) is 10.4. The van der Waals surface area contributed by atoms with Crippen LogP contribution in [-0.4, -0.2) is 240 Å². The van der Waals surface area contributed by atoms with Crippen molar-refractivity contribution in [1.29, 1.82) is 0 Å². The SMILES string of the molecule is CCCC[C@@H](C(=O)N1C[C@H](O)C[C@@H]1C(=O)N[C@H](C=O)CC(=O)O)N(C)C(=O)[C@H](Cc1ccccc1)N(C)C(=O)[C@H](Cc1ccc(F)c(F)c1)NC(=O)CSCCNC(=O)[C@H](CC(C)C)NC(=O)[C@H](Cc1ccc(O)cc1)NC(=O)[C@H](Cc1c[nH]c2ccccc12)NC(=O)[C@H]1C[C@@H](O)CN1C(=O)[C@@H](N)CC(N)=O. The predicted octanol–water partition coefficient (Wildman–Crippen LogP) is 0.386. The number of unbranched alkanes of at least 4 members (excludes halogenated alkanes) is 1. The number of nitrogens with one attached hydrogen (secondary N) is 7. The number of carbonyl (C=O) groups is 13. The Hall–Kier alpha value is -10.4. The molecule has 2 aliphatic heterocycles. The number of likely N-dealkylation sites (N-methyl/N-ethyl adjacent to an activating group) is 2. The number of β-amino-alcohol motifs (C(OH)–C–C–N with tert-alkyl or cyclic N) is 2. The molecule has 578 valence electrons. The summed E-state index contributed by atoms with van der Waals surface area (Å²) < 4.78 is 29.2. The average Bonchev–Trinajstić information content (AvgIpc) is 1.76. The van der Waals surface area contributed by atoms with Crippen LogP contribution in [0.1, 0.15) is 94.4 Å². The summed E-state index contributed by atoms with van der Waals surface area (Å²) in [4.78, 5) is 186. The first-order chi connectivity index (χ1) is 50.8. The summed E-state index contributed by atoms with van der Waals surface area (Å²) in [5.74, 6) is -13.3. The highest BCUT2D eigenvalue weighted by Gasteiger charge is 2.46. The van der Waals surface area contributed by atoms with Crippen molar-refractivity contribution in [3.63, 3.8) is 0 Å². The number of benzene rings is 4. The lowest BCUT2D eigenvalue weighted by atomic mass is 9.99. The molecule has 0 bridgehead atoms. The van der Waals surface area contributed by atoms with Gasteiger partial charge in [-0.3, -0.25) is 57.5 Å². The molecule has 2 aliphatic rings. The van der Waals surface area contributed by atoms with Gasteiger partial charge in [-0.2, -0.15) is 11.8 Å². The molecule has 11 amide bonds. The van der Waals surface area contributed by atoms with Crippen LogP contribution in [0.4, 0.5) is 8.78 Å². The number of halogens is 2. The number of aldehydes is 1. The van der Waals surface area contributed by atoms with E-state index in [0.29, 0.717) is 40.4 Å². The number of carboxylic acids is 1. The number of phenolic OH excluding ortho intramolecular Hbond substituents is 1. The van der Waals surface area contributed by atoms with Gasteiger partial charge in [-0.1, -0.05) is 100 Å². The van der Waals surface area contributed by atoms with Gasteiger partial charge < -0.3 is 93.2 Å². The summed E-state index contributed by atoms with van der Waals surface area (Å²) in [6.45, 7) is 4.70. The first-order valence-corrected chi connectivity index (χ1v) is 36.4. The topological polar surface area (TPSA) is 456 Å². The number of carbonyl (C=O) groups excluding carboxylic acids is 12. The maximum Gasteiger partial charge on any atom is 0.305 e. The van der Waals surface area contributed by atoms with Crippen LogP contribution in [0.5, 0.6) is 5.75 Å². The molecule has 7 rings (SSSR count). The van der Waals surface area contributed by atoms with Gasteiger partial charge in [-0.15, -0.1) is 0 Å². The molecule has 0 radical (unpaired) electrons. The molecule has 0 saturated carbocycles. The number of fused-ring (bicyclic) bond motifs is 1. The van der Waals surface area contributed by atoms with Crippen molar-refractivity contribution in [1.82, 2.24) is 56.5 Å². The van der Waals surface area contributed by atoms with Crippen LogP contribution in [0, 0.1) is 17.6 Å². The third-order valence-corrected chi connectivity index (χ3v) is 19.5. The number of nitrogens with two attached hydrogens (primary N) is 2. The fourth-order valence-electron chi connectivity index (χ4n) is 13.0. The predicted molar refractivity (Wildman–Crippen MR) is 388 cm³/mol. The van der Waals surface area contributed by atoms with E-state index in [2.05, 4.69) is 36.9 Å². The summed E-state index contributed by atoms with van der Waals surface area (Å²) >= 11 is 1.02. The monoisotopic (exact) mass is 1510 g/mol. The summed E-state index contributed by atoms with van der Waals surface area (Å²) in [5.41, 5.74) is 13.7. The Morgan fingerprint density at radius 2 is 1.24 bits per heavy atom. The van der Waals surface area contributed by atoms with Crippen molar-refractivity contribution < 1.29 is 91.5 Å². The largest absolute Gasteiger partial charge is 0.508 e. The van der Waals surface area contributed by atoms with Gasteiger partial charge in [0.15, 0.2) is 11.6 Å². The maximum atomic E-state index is 15.2. The van der Waals surface area contributed by atoms with Crippen LogP contribution in [0.15, 0.2) is 103 Å². The number of aliphatic hydroxyl groups excluding tert-OH is 2. The van der Waals surface area contributed by atoms with E-state index in [-0.39, 0.29) is 99.6 Å². The fraction of sp³-hybridized carbons (Fsp3) is 0.473. The number of likely N-dealkylation sites (tertiary alicyclic amines) is 2. The van der Waals surface area contributed by atoms with Gasteiger partial charge in [0, 0.05) is 95.1 Å². The molecule has 0 unspecified atom stereocenters. The van der Waals surface area contributed by atoms with Crippen molar-refractivity contribution in [2.24, 2.45) is 17.4 Å². The standard InChI is InChI=1S/C74H95F2N13O17S/c1-6-7-17-59(74(106)89-38-49(93)33-60(89)69(101)81-46(39-90)32-65(96)97)86(4)73(105)62(30-42-13-9-8-10-14-42)87(5)72(104)58(29-44-20-23-51(75)52(76)27-44)82-64(95)40-107-25-24-79-66(98)55(26-41(2)3)83-67(99)56(28-43-18-21-47(91)22-19-43)84-68(100)57(31-45-36-80-54-16-12-11-15-50(45)54)85-70(102)61-34-48(92)37-88(61)71(103)53(77)35-63(78)94/h8-16,18-23,27,36,39,41,46,48-49,53,55-62,80,91-93H,6-7,17,24-26,28-35,37-38,40,77H2,1-5H3,(H2,78,94)(H,79,98)(H,81,101)(H,82,95)(H,83,99)(H,84,100)(H,85,102)(H,96,97)/t46-,48+,49+,53-,55-,56-,57-,58-,59-,60+,61+,62-/m0/s1. The lowest BCUT2D eigenvalue weighted by Crippen LogP contribution is -2.59. The van der Waals surface area contributed by atoms with E-state index in [0.717, 1.165) is 43.5 Å². The van der Waals surface area contributed by atoms with Crippen LogP contribution in [0.2, 0.25) is 0 Å². The number of hydrogen-bond acceptors (Lipinski definition) is 18. The number of carboxylic acid groups (broad SMARTS) is 1. The van der Waals surface area contributed by atoms with Crippen LogP contribution >= 0.6 is 11.8 Å². The summed E-state index contributed by atoms with van der Waals surface area (Å²) in [6.07, 6.45) is -2.21. The second-order valence-electron chi connectivity index (χ2n) is 27.3. The molecular formula is C74H95F2N13O17S. The smallest absolute Gasteiger partial charge is 0.305 e. The van der Waals surface area contributed by atoms with E-state index in [1.165, 1.54) is 44.4 Å². The normalized spacial score (nSPS) is 17.8. The van der Waals surface area contributed by atoms with Gasteiger partial charge in [0.2, 0.25) is 65.0 Å². The number of aliphatic hydroxyl groups is 2. The minimum absolute atomic E-state index is 0.0450. The number of aromatic amines is 1. The van der Waals surface area contributed by atoms with Crippen LogP contribution < -0.4 is 43.4 Å². The molecule has 3 heterocycles. The number of amides is 11. The number of hydrogen-bond donors (Lipinski definition) is 13. The molecule has 0 spiro atoms. The third-order valence-electron chi connectivity index (χ3n) is 18.6. The Morgan fingerprint density at radius 3 is 1.86 bits per heavy atom. The molecule has 1 aromatic heterocycles. The Labute approximate surface area is 621 Å². The summed E-state index contributed by atoms with van der Waals surface area (Å²) in [7, 11) is 2.64. The number of aliphatic carboxylic acids is 1. The Kier molecular flexibility index (Phi) is 31.2. The van der Waals surface area contributed by atoms with E-state index in [1.54, 1.807) is 74.6 Å². The highest BCUT2D eigenvalue weighted by Crippen LogP contribution is 2.27. The Bertz CT molecular complexity index is 3990. The highest BCUT2D eigenvalue weighted by atomic mass is 32.2. The lowest BCUT2D eigenvalue weighted by molar-refractivity contribution is -0.152. The van der Waals surface area contributed by atoms with Gasteiger partial charge >= 0.3 is 5.97 Å². The van der Waals surface area contributed by atoms with Crippen molar-refractivity contribution in [3.8, 4) is 5.75 Å². The Morgan fingerprint density at radius 1 is 0.664 bits per heavy atom. The van der Waals surface area contributed by atoms with Gasteiger partial charge in [-0.25, -0.2) is 8.78 Å². The van der Waals surface area contributed by atoms with E-state index >= 15 is 9.59 Å². The number of para-hydroxylation sites is 1. The van der Waals surface area contributed by atoms with Crippen LogP contribution in [0.3, 0.4) is 0 Å². The molecular weight excluding hydrogens is 1410 g/mol. The zero-order valence-electron chi connectivity index (χ0n) is 60.1. The molecule has 12 atom stereocenters. The second kappa shape index (κ2) is 39.8. The zero-order valence-corrected chi connectivity index (χ0v) is 60.9. The first-order valence-electron chi connectivity index (χ1n) is 35.2. The van der Waals surface area contributed by atoms with Crippen molar-refractivity contribution in [2.75, 3.05) is 45.2 Å². The van der Waals surface area contributed by atoms with E-state index in [1.807, 2.05) is 6.92 Å².